The van der Waals surface area contributed by atoms with Gasteiger partial charge in [-0.25, -0.2) is 4.98 Å². The standard InChI is InChI=1S/C22H27ClN6O3/c1-22(2,3)10-17(20(31)26-14(11-24)8-12-6-7-25-19(12)30)29-21(32)18-27-15-5-4-13(23)9-16(15)28-18/h4-5,9,12,14,17H,6-8,10H2,1-3H3,(H,25,30)(H,26,31)(H,27,28)(H,29,32)/t12-,14?,17?/m0/s1. The minimum Gasteiger partial charge on any atom is -0.356 e. The van der Waals surface area contributed by atoms with E-state index in [-0.39, 0.29) is 29.5 Å². The van der Waals surface area contributed by atoms with Crippen molar-refractivity contribution in [3.63, 3.8) is 0 Å². The Bertz CT molecular complexity index is 1070. The van der Waals surface area contributed by atoms with E-state index in [1.807, 2.05) is 20.8 Å². The molecule has 170 valence electrons. The summed E-state index contributed by atoms with van der Waals surface area (Å²) < 4.78 is 0. The van der Waals surface area contributed by atoms with Gasteiger partial charge >= 0.3 is 0 Å². The molecule has 1 fully saturated rings. The highest BCUT2D eigenvalue weighted by atomic mass is 35.5. The van der Waals surface area contributed by atoms with Crippen molar-refractivity contribution < 1.29 is 14.4 Å². The fraction of sp³-hybridized carbons (Fsp3) is 0.500. The molecule has 0 aliphatic carbocycles. The fourth-order valence-corrected chi connectivity index (χ4v) is 3.88. The second-order valence-corrected chi connectivity index (χ2v) is 9.68. The van der Waals surface area contributed by atoms with Gasteiger partial charge in [0, 0.05) is 17.5 Å². The van der Waals surface area contributed by atoms with Crippen molar-refractivity contribution >= 4 is 40.4 Å². The maximum Gasteiger partial charge on any atom is 0.287 e. The SMILES string of the molecule is CC(C)(C)CC(NC(=O)c1nc2ccc(Cl)cc2[nH]1)C(=O)NC(C#N)C[C@@H]1CCNC1=O. The molecule has 1 aromatic heterocycles. The molecular formula is C22H27ClN6O3. The molecule has 3 atom stereocenters. The van der Waals surface area contributed by atoms with E-state index >= 15 is 0 Å². The first-order valence-corrected chi connectivity index (χ1v) is 10.9. The van der Waals surface area contributed by atoms with E-state index in [4.69, 9.17) is 11.6 Å². The lowest BCUT2D eigenvalue weighted by Crippen LogP contribution is -2.51. The van der Waals surface area contributed by atoms with Crippen LogP contribution in [0.25, 0.3) is 11.0 Å². The van der Waals surface area contributed by atoms with E-state index in [0.717, 1.165) is 0 Å². The summed E-state index contributed by atoms with van der Waals surface area (Å²) >= 11 is 5.99. The maximum atomic E-state index is 13.0. The van der Waals surface area contributed by atoms with Gasteiger partial charge in [0.25, 0.3) is 5.91 Å². The van der Waals surface area contributed by atoms with Crippen molar-refractivity contribution in [1.82, 2.24) is 25.9 Å². The number of rotatable bonds is 7. The zero-order valence-corrected chi connectivity index (χ0v) is 19.0. The first-order chi connectivity index (χ1) is 15.1. The molecule has 10 heteroatoms. The maximum absolute atomic E-state index is 13.0. The van der Waals surface area contributed by atoms with Gasteiger partial charge in [0.2, 0.25) is 11.8 Å². The number of carbonyl (C=O) groups excluding carboxylic acids is 3. The first kappa shape index (κ1) is 23.5. The van der Waals surface area contributed by atoms with Crippen LogP contribution in [0.1, 0.15) is 50.7 Å². The average molecular weight is 459 g/mol. The molecule has 0 saturated carbocycles. The molecule has 2 heterocycles. The van der Waals surface area contributed by atoms with Gasteiger partial charge in [-0.2, -0.15) is 5.26 Å². The molecule has 0 spiro atoms. The Balaban J connectivity index is 1.72. The number of H-pyrrole nitrogens is 1. The van der Waals surface area contributed by atoms with Gasteiger partial charge in [-0.3, -0.25) is 14.4 Å². The number of amides is 3. The van der Waals surface area contributed by atoms with Crippen LogP contribution in [0.15, 0.2) is 18.2 Å². The van der Waals surface area contributed by atoms with Gasteiger partial charge in [0.15, 0.2) is 5.82 Å². The van der Waals surface area contributed by atoms with Crippen molar-refractivity contribution in [2.24, 2.45) is 11.3 Å². The quantitative estimate of drug-likeness (QED) is 0.504. The van der Waals surface area contributed by atoms with Gasteiger partial charge in [-0.1, -0.05) is 32.4 Å². The lowest BCUT2D eigenvalue weighted by atomic mass is 9.87. The van der Waals surface area contributed by atoms with E-state index in [0.29, 0.717) is 35.4 Å². The van der Waals surface area contributed by atoms with Crippen LogP contribution in [-0.2, 0) is 9.59 Å². The van der Waals surface area contributed by atoms with E-state index in [1.165, 1.54) is 0 Å². The Morgan fingerprint density at radius 2 is 2.09 bits per heavy atom. The van der Waals surface area contributed by atoms with Crippen LogP contribution in [0.2, 0.25) is 5.02 Å². The van der Waals surface area contributed by atoms with Crippen molar-refractivity contribution in [2.75, 3.05) is 6.54 Å². The predicted octanol–water partition coefficient (Wildman–Crippen LogP) is 2.29. The summed E-state index contributed by atoms with van der Waals surface area (Å²) in [5.41, 5.74) is 0.916. The molecule has 2 aromatic rings. The molecule has 3 rings (SSSR count). The highest BCUT2D eigenvalue weighted by Gasteiger charge is 2.32. The second kappa shape index (κ2) is 9.57. The van der Waals surface area contributed by atoms with Crippen LogP contribution in [0.5, 0.6) is 0 Å². The van der Waals surface area contributed by atoms with Crippen molar-refractivity contribution in [1.29, 1.82) is 5.26 Å². The van der Waals surface area contributed by atoms with Gasteiger partial charge in [0.05, 0.1) is 17.1 Å². The third-order valence-corrected chi connectivity index (χ3v) is 5.49. The lowest BCUT2D eigenvalue weighted by Gasteiger charge is -2.27. The third kappa shape index (κ3) is 5.98. The topological polar surface area (TPSA) is 140 Å². The molecule has 4 N–H and O–H groups in total. The number of halogens is 1. The molecule has 9 nitrogen and oxygen atoms in total. The van der Waals surface area contributed by atoms with Crippen LogP contribution in [0, 0.1) is 22.7 Å². The predicted molar refractivity (Wildman–Crippen MR) is 120 cm³/mol. The number of hydrogen-bond acceptors (Lipinski definition) is 5. The molecule has 1 saturated heterocycles. The summed E-state index contributed by atoms with van der Waals surface area (Å²) in [4.78, 5) is 44.8. The number of aromatic amines is 1. The van der Waals surface area contributed by atoms with E-state index in [2.05, 4.69) is 32.0 Å². The minimum atomic E-state index is -0.882. The largest absolute Gasteiger partial charge is 0.356 e. The van der Waals surface area contributed by atoms with Crippen molar-refractivity contribution in [3.8, 4) is 6.07 Å². The Hall–Kier alpha value is -3.12. The zero-order chi connectivity index (χ0) is 23.5. The fourth-order valence-electron chi connectivity index (χ4n) is 3.71. The normalized spacial score (nSPS) is 18.0. The molecule has 1 aliphatic heterocycles. The minimum absolute atomic E-state index is 0.0634. The molecule has 0 radical (unpaired) electrons. The summed E-state index contributed by atoms with van der Waals surface area (Å²) in [5.74, 6) is -1.36. The number of aromatic nitrogens is 2. The lowest BCUT2D eigenvalue weighted by molar-refractivity contribution is -0.125. The summed E-state index contributed by atoms with van der Waals surface area (Å²) in [6, 6.07) is 5.37. The number of carbonyl (C=O) groups is 3. The third-order valence-electron chi connectivity index (χ3n) is 5.25. The molecule has 2 unspecified atom stereocenters. The molecule has 1 aliphatic rings. The van der Waals surface area contributed by atoms with Crippen molar-refractivity contribution in [2.45, 2.75) is 52.1 Å². The van der Waals surface area contributed by atoms with Crippen LogP contribution < -0.4 is 16.0 Å². The number of nitrogens with zero attached hydrogens (tertiary/aromatic N) is 2. The molecule has 1 aromatic carbocycles. The Kier molecular flexibility index (Phi) is 7.04. The molecule has 3 amide bonds. The van der Waals surface area contributed by atoms with Crippen LogP contribution in [0.3, 0.4) is 0 Å². The summed E-state index contributed by atoms with van der Waals surface area (Å²) in [6.07, 6.45) is 1.21. The van der Waals surface area contributed by atoms with Crippen molar-refractivity contribution in [3.05, 3.63) is 29.0 Å². The van der Waals surface area contributed by atoms with Crippen LogP contribution >= 0.6 is 11.6 Å². The smallest absolute Gasteiger partial charge is 0.287 e. The zero-order valence-electron chi connectivity index (χ0n) is 18.3. The Morgan fingerprint density at radius 3 is 2.72 bits per heavy atom. The van der Waals surface area contributed by atoms with Crippen LogP contribution in [0.4, 0.5) is 0 Å². The van der Waals surface area contributed by atoms with E-state index < -0.39 is 23.9 Å². The van der Waals surface area contributed by atoms with Gasteiger partial charge < -0.3 is 20.9 Å². The first-order valence-electron chi connectivity index (χ1n) is 10.5. The summed E-state index contributed by atoms with van der Waals surface area (Å²) in [7, 11) is 0. The number of nitriles is 1. The summed E-state index contributed by atoms with van der Waals surface area (Å²) in [6.45, 7) is 6.43. The average Bonchev–Trinajstić information content (AvgIpc) is 3.31. The van der Waals surface area contributed by atoms with Crippen LogP contribution in [-0.4, -0.2) is 46.3 Å². The number of hydrogen-bond donors (Lipinski definition) is 4. The number of fused-ring (bicyclic) bond motifs is 1. The molecule has 0 bridgehead atoms. The molecule has 32 heavy (non-hydrogen) atoms. The van der Waals surface area contributed by atoms with Gasteiger partial charge in [0.1, 0.15) is 12.1 Å². The number of benzene rings is 1. The molecular weight excluding hydrogens is 432 g/mol. The Morgan fingerprint density at radius 1 is 1.34 bits per heavy atom. The highest BCUT2D eigenvalue weighted by molar-refractivity contribution is 6.31. The number of imidazole rings is 1. The van der Waals surface area contributed by atoms with E-state index in [9.17, 15) is 19.6 Å². The highest BCUT2D eigenvalue weighted by Crippen LogP contribution is 2.22. The summed E-state index contributed by atoms with van der Waals surface area (Å²) in [5, 5.41) is 18.1. The Labute approximate surface area is 191 Å². The van der Waals surface area contributed by atoms with Gasteiger partial charge in [-0.15, -0.1) is 0 Å². The van der Waals surface area contributed by atoms with Gasteiger partial charge in [-0.05, 0) is 42.9 Å². The van der Waals surface area contributed by atoms with E-state index in [1.54, 1.807) is 18.2 Å². The second-order valence-electron chi connectivity index (χ2n) is 9.24. The number of nitrogens with one attached hydrogen (secondary N) is 4. The monoisotopic (exact) mass is 458 g/mol.